The van der Waals surface area contributed by atoms with E-state index in [-0.39, 0.29) is 0 Å². The van der Waals surface area contributed by atoms with Crippen LogP contribution < -0.4 is 11.3 Å². The van der Waals surface area contributed by atoms with Crippen molar-refractivity contribution in [3.63, 3.8) is 0 Å². The fourth-order valence-electron chi connectivity index (χ4n) is 1.68. The number of hydrazine groups is 1. The Morgan fingerprint density at radius 3 is 2.89 bits per heavy atom. The molecule has 4 nitrogen and oxygen atoms in total. The van der Waals surface area contributed by atoms with E-state index in [0.29, 0.717) is 17.4 Å². The summed E-state index contributed by atoms with van der Waals surface area (Å²) in [4.78, 5) is 6.52. The number of pyridine rings is 1. The Balaban J connectivity index is 2.04. The van der Waals surface area contributed by atoms with Crippen molar-refractivity contribution in [2.24, 2.45) is 5.84 Å². The van der Waals surface area contributed by atoms with Crippen molar-refractivity contribution in [1.82, 2.24) is 9.88 Å². The smallest absolute Gasteiger partial charge is 0.140 e. The molecule has 0 saturated heterocycles. The maximum Gasteiger partial charge on any atom is 0.140 e. The van der Waals surface area contributed by atoms with Gasteiger partial charge in [0.2, 0.25) is 0 Å². The summed E-state index contributed by atoms with van der Waals surface area (Å²) >= 11 is 7.83. The standard InChI is InChI=1S/C12H15ClN4S/c1-17(6-9-4-5-18-8-9)7-11-10(13)2-3-12(15-11)16-14/h2-5,8H,6-7,14H2,1H3,(H,15,16). The van der Waals surface area contributed by atoms with Gasteiger partial charge < -0.3 is 5.43 Å². The lowest BCUT2D eigenvalue weighted by molar-refractivity contribution is 0.316. The number of nitrogen functional groups attached to an aromatic ring is 1. The predicted octanol–water partition coefficient (Wildman–Crippen LogP) is 2.71. The first-order valence-electron chi connectivity index (χ1n) is 5.50. The third kappa shape index (κ3) is 3.43. The Morgan fingerprint density at radius 2 is 2.22 bits per heavy atom. The van der Waals surface area contributed by atoms with E-state index in [2.05, 4.69) is 32.1 Å². The summed E-state index contributed by atoms with van der Waals surface area (Å²) < 4.78 is 0. The Bertz CT molecular complexity index is 501. The van der Waals surface area contributed by atoms with Gasteiger partial charge in [-0.15, -0.1) is 0 Å². The van der Waals surface area contributed by atoms with Gasteiger partial charge in [0.05, 0.1) is 10.7 Å². The zero-order valence-corrected chi connectivity index (χ0v) is 11.6. The van der Waals surface area contributed by atoms with Gasteiger partial charge in [-0.3, -0.25) is 4.90 Å². The van der Waals surface area contributed by atoms with Crippen LogP contribution in [0.2, 0.25) is 5.02 Å². The number of rotatable bonds is 5. The Kier molecular flexibility index (Phi) is 4.54. The molecule has 0 aromatic carbocycles. The van der Waals surface area contributed by atoms with Crippen LogP contribution in [-0.2, 0) is 13.1 Å². The zero-order valence-electron chi connectivity index (χ0n) is 10.1. The molecule has 2 aromatic rings. The van der Waals surface area contributed by atoms with E-state index in [1.54, 1.807) is 23.5 Å². The van der Waals surface area contributed by atoms with E-state index in [4.69, 9.17) is 17.4 Å². The number of nitrogens with two attached hydrogens (primary N) is 1. The Morgan fingerprint density at radius 1 is 1.39 bits per heavy atom. The zero-order chi connectivity index (χ0) is 13.0. The fourth-order valence-corrected chi connectivity index (χ4v) is 2.51. The van der Waals surface area contributed by atoms with Gasteiger partial charge in [-0.2, -0.15) is 11.3 Å². The summed E-state index contributed by atoms with van der Waals surface area (Å²) in [6.45, 7) is 1.56. The van der Waals surface area contributed by atoms with Crippen molar-refractivity contribution < 1.29 is 0 Å². The molecule has 0 fully saturated rings. The van der Waals surface area contributed by atoms with Crippen LogP contribution in [0.25, 0.3) is 0 Å². The summed E-state index contributed by atoms with van der Waals surface area (Å²) in [5, 5.41) is 4.88. The highest BCUT2D eigenvalue weighted by molar-refractivity contribution is 7.07. The van der Waals surface area contributed by atoms with Crippen LogP contribution in [-0.4, -0.2) is 16.9 Å². The van der Waals surface area contributed by atoms with E-state index < -0.39 is 0 Å². The van der Waals surface area contributed by atoms with E-state index in [1.165, 1.54) is 5.56 Å². The molecule has 0 unspecified atom stereocenters. The monoisotopic (exact) mass is 282 g/mol. The number of anilines is 1. The normalized spacial score (nSPS) is 10.9. The minimum Gasteiger partial charge on any atom is -0.308 e. The molecule has 2 aromatic heterocycles. The van der Waals surface area contributed by atoms with Gasteiger partial charge in [-0.05, 0) is 41.6 Å². The minimum atomic E-state index is 0.623. The van der Waals surface area contributed by atoms with E-state index >= 15 is 0 Å². The highest BCUT2D eigenvalue weighted by Crippen LogP contribution is 2.18. The molecular formula is C12H15ClN4S. The average molecular weight is 283 g/mol. The molecule has 0 atom stereocenters. The summed E-state index contributed by atoms with van der Waals surface area (Å²) in [5.41, 5.74) is 4.65. The summed E-state index contributed by atoms with van der Waals surface area (Å²) in [5.74, 6) is 5.96. The van der Waals surface area contributed by atoms with Crippen molar-refractivity contribution in [3.8, 4) is 0 Å². The first-order chi connectivity index (χ1) is 8.69. The van der Waals surface area contributed by atoms with Gasteiger partial charge in [-0.25, -0.2) is 10.8 Å². The van der Waals surface area contributed by atoms with Gasteiger partial charge in [0.15, 0.2) is 0 Å². The number of hydrogen-bond donors (Lipinski definition) is 2. The van der Waals surface area contributed by atoms with Crippen molar-refractivity contribution in [2.45, 2.75) is 13.1 Å². The molecule has 18 heavy (non-hydrogen) atoms. The van der Waals surface area contributed by atoms with Gasteiger partial charge in [0.1, 0.15) is 5.82 Å². The molecular weight excluding hydrogens is 268 g/mol. The van der Waals surface area contributed by atoms with Gasteiger partial charge in [0.25, 0.3) is 0 Å². The highest BCUT2D eigenvalue weighted by Gasteiger charge is 2.08. The number of aromatic nitrogens is 1. The Labute approximate surface area is 115 Å². The number of nitrogens with one attached hydrogen (secondary N) is 1. The van der Waals surface area contributed by atoms with E-state index in [9.17, 15) is 0 Å². The predicted molar refractivity (Wildman–Crippen MR) is 76.5 cm³/mol. The second-order valence-electron chi connectivity index (χ2n) is 4.07. The van der Waals surface area contributed by atoms with Gasteiger partial charge in [0, 0.05) is 13.1 Å². The lowest BCUT2D eigenvalue weighted by atomic mass is 10.3. The van der Waals surface area contributed by atoms with E-state index in [1.807, 2.05) is 7.05 Å². The number of halogens is 1. The number of nitrogens with zero attached hydrogens (tertiary/aromatic N) is 2. The van der Waals surface area contributed by atoms with Crippen LogP contribution in [0.3, 0.4) is 0 Å². The molecule has 0 amide bonds. The first-order valence-corrected chi connectivity index (χ1v) is 6.83. The minimum absolute atomic E-state index is 0.623. The van der Waals surface area contributed by atoms with Crippen LogP contribution in [0.15, 0.2) is 29.0 Å². The molecule has 0 aliphatic heterocycles. The average Bonchev–Trinajstić information content (AvgIpc) is 2.84. The molecule has 0 aliphatic rings. The van der Waals surface area contributed by atoms with Crippen LogP contribution in [0.1, 0.15) is 11.3 Å². The maximum absolute atomic E-state index is 6.12. The van der Waals surface area contributed by atoms with Crippen molar-refractivity contribution in [2.75, 3.05) is 12.5 Å². The van der Waals surface area contributed by atoms with Crippen LogP contribution >= 0.6 is 22.9 Å². The van der Waals surface area contributed by atoms with Gasteiger partial charge in [-0.1, -0.05) is 11.6 Å². The summed E-state index contributed by atoms with van der Waals surface area (Å²) in [6, 6.07) is 5.68. The second-order valence-corrected chi connectivity index (χ2v) is 5.26. The SMILES string of the molecule is CN(Cc1ccsc1)Cc1nc(NN)ccc1Cl. The molecule has 96 valence electrons. The van der Waals surface area contributed by atoms with E-state index in [0.717, 1.165) is 12.2 Å². The molecule has 0 spiro atoms. The van der Waals surface area contributed by atoms with Crippen molar-refractivity contribution in [3.05, 3.63) is 45.2 Å². The third-order valence-corrected chi connectivity index (χ3v) is 3.59. The lowest BCUT2D eigenvalue weighted by Crippen LogP contribution is -2.18. The molecule has 6 heteroatoms. The molecule has 2 rings (SSSR count). The second kappa shape index (κ2) is 6.15. The van der Waals surface area contributed by atoms with Crippen molar-refractivity contribution >= 4 is 28.8 Å². The Hall–Kier alpha value is -1.14. The van der Waals surface area contributed by atoms with Crippen LogP contribution in [0, 0.1) is 0 Å². The van der Waals surface area contributed by atoms with Crippen LogP contribution in [0.4, 0.5) is 5.82 Å². The topological polar surface area (TPSA) is 54.2 Å². The number of thiophene rings is 1. The number of hydrogen-bond acceptors (Lipinski definition) is 5. The fraction of sp³-hybridized carbons (Fsp3) is 0.250. The largest absolute Gasteiger partial charge is 0.308 e. The molecule has 0 bridgehead atoms. The molecule has 0 saturated carbocycles. The molecule has 3 N–H and O–H groups in total. The lowest BCUT2D eigenvalue weighted by Gasteiger charge is -2.16. The highest BCUT2D eigenvalue weighted by atomic mass is 35.5. The molecule has 0 aliphatic carbocycles. The molecule has 2 heterocycles. The summed E-state index contributed by atoms with van der Waals surface area (Å²) in [7, 11) is 2.04. The van der Waals surface area contributed by atoms with Crippen molar-refractivity contribution in [1.29, 1.82) is 0 Å². The van der Waals surface area contributed by atoms with Gasteiger partial charge >= 0.3 is 0 Å². The van der Waals surface area contributed by atoms with Crippen LogP contribution in [0.5, 0.6) is 0 Å². The molecule has 0 radical (unpaired) electrons. The maximum atomic E-state index is 6.12. The first kappa shape index (κ1) is 13.3. The quantitative estimate of drug-likeness (QED) is 0.654. The third-order valence-electron chi connectivity index (χ3n) is 2.52. The summed E-state index contributed by atoms with van der Waals surface area (Å²) in [6.07, 6.45) is 0.